The first-order chi connectivity index (χ1) is 17.4. The maximum absolute atomic E-state index is 13.4. The summed E-state index contributed by atoms with van der Waals surface area (Å²) < 4.78 is 5.19. The molecule has 0 fully saturated rings. The number of amides is 2. The number of anilines is 2. The Hall–Kier alpha value is -3.74. The highest BCUT2D eigenvalue weighted by Gasteiger charge is 2.23. The van der Waals surface area contributed by atoms with Gasteiger partial charge >= 0.3 is 0 Å². The molecule has 1 unspecified atom stereocenters. The number of rotatable bonds is 8. The molecule has 1 atom stereocenters. The van der Waals surface area contributed by atoms with Gasteiger partial charge in [-0.25, -0.2) is 0 Å². The molecule has 182 valence electrons. The first-order valence-electron chi connectivity index (χ1n) is 11.3. The number of carbonyl (C=O) groups excluding carboxylic acids is 2. The number of methoxy groups -OCH3 is 1. The van der Waals surface area contributed by atoms with Crippen LogP contribution in [0.25, 0.3) is 0 Å². The zero-order chi connectivity index (χ0) is 25.5. The van der Waals surface area contributed by atoms with E-state index in [4.69, 9.17) is 16.3 Å². The number of aryl methyl sites for hydroxylation is 1. The van der Waals surface area contributed by atoms with Crippen LogP contribution in [0.1, 0.15) is 26.7 Å². The van der Waals surface area contributed by atoms with Crippen molar-refractivity contribution in [1.29, 1.82) is 0 Å². The van der Waals surface area contributed by atoms with Gasteiger partial charge in [-0.05, 0) is 61.0 Å². The van der Waals surface area contributed by atoms with Crippen molar-refractivity contribution in [2.24, 2.45) is 0 Å². The Bertz CT molecular complexity index is 1380. The van der Waals surface area contributed by atoms with Crippen molar-refractivity contribution < 1.29 is 14.3 Å². The number of thioether (sulfide) groups is 1. The Kier molecular flexibility index (Phi) is 8.31. The van der Waals surface area contributed by atoms with Crippen molar-refractivity contribution in [3.63, 3.8) is 0 Å². The van der Waals surface area contributed by atoms with Gasteiger partial charge in [-0.3, -0.25) is 9.59 Å². The lowest BCUT2D eigenvalue weighted by Gasteiger charge is -2.18. The largest absolute Gasteiger partial charge is 0.495 e. The van der Waals surface area contributed by atoms with E-state index in [-0.39, 0.29) is 11.8 Å². The fourth-order valence-corrected chi connectivity index (χ4v) is 4.97. The molecule has 36 heavy (non-hydrogen) atoms. The highest BCUT2D eigenvalue weighted by Crippen LogP contribution is 2.37. The van der Waals surface area contributed by atoms with Crippen molar-refractivity contribution in [3.05, 3.63) is 119 Å². The summed E-state index contributed by atoms with van der Waals surface area (Å²) in [4.78, 5) is 26.9. The minimum Gasteiger partial charge on any atom is -0.495 e. The van der Waals surface area contributed by atoms with Gasteiger partial charge in [-0.2, -0.15) is 0 Å². The second-order valence-corrected chi connectivity index (χ2v) is 9.68. The van der Waals surface area contributed by atoms with Gasteiger partial charge in [0, 0.05) is 21.8 Å². The molecule has 0 aliphatic heterocycles. The molecular weight excluding hydrogens is 492 g/mol. The van der Waals surface area contributed by atoms with Crippen molar-refractivity contribution in [1.82, 2.24) is 0 Å². The molecule has 4 aromatic rings. The topological polar surface area (TPSA) is 67.4 Å². The zero-order valence-electron chi connectivity index (χ0n) is 19.8. The zero-order valence-corrected chi connectivity index (χ0v) is 21.4. The van der Waals surface area contributed by atoms with Gasteiger partial charge < -0.3 is 15.4 Å². The van der Waals surface area contributed by atoms with Gasteiger partial charge in [0.2, 0.25) is 5.91 Å². The van der Waals surface area contributed by atoms with Crippen LogP contribution in [0.3, 0.4) is 0 Å². The standard InChI is InChI=1S/C29H25ClN2O3S/c1-19-8-6-11-21(16-19)28(33)31-22-12-7-13-24(17-22)36-27(20-9-4-3-5-10-20)29(34)32-23-14-15-26(35-2)25(30)18-23/h3-18,27H,1-2H3,(H,31,33)(H,32,34). The summed E-state index contributed by atoms with van der Waals surface area (Å²) in [5.74, 6) is 0.157. The molecule has 0 saturated heterocycles. The van der Waals surface area contributed by atoms with Crippen LogP contribution in [0.15, 0.2) is 102 Å². The molecule has 0 saturated carbocycles. The lowest BCUT2D eigenvalue weighted by Crippen LogP contribution is -2.19. The molecule has 0 aliphatic rings. The SMILES string of the molecule is COc1ccc(NC(=O)C(Sc2cccc(NC(=O)c3cccc(C)c3)c2)c2ccccc2)cc1Cl. The monoisotopic (exact) mass is 516 g/mol. The molecule has 0 aliphatic carbocycles. The molecule has 0 radical (unpaired) electrons. The molecule has 0 spiro atoms. The van der Waals surface area contributed by atoms with Crippen LogP contribution in [0.5, 0.6) is 5.75 Å². The van der Waals surface area contributed by atoms with Crippen LogP contribution in [0, 0.1) is 6.92 Å². The van der Waals surface area contributed by atoms with Crippen molar-refractivity contribution in [2.75, 3.05) is 17.7 Å². The number of nitrogens with one attached hydrogen (secondary N) is 2. The summed E-state index contributed by atoms with van der Waals surface area (Å²) in [7, 11) is 1.54. The van der Waals surface area contributed by atoms with Crippen LogP contribution in [0.2, 0.25) is 5.02 Å². The number of benzene rings is 4. The third kappa shape index (κ3) is 6.47. The van der Waals surface area contributed by atoms with E-state index in [9.17, 15) is 9.59 Å². The Morgan fingerprint density at radius 3 is 2.31 bits per heavy atom. The Balaban J connectivity index is 1.54. The fraction of sp³-hybridized carbons (Fsp3) is 0.103. The maximum atomic E-state index is 13.4. The van der Waals surface area contributed by atoms with E-state index in [1.165, 1.54) is 11.8 Å². The lowest BCUT2D eigenvalue weighted by atomic mass is 10.1. The molecule has 0 aromatic heterocycles. The Morgan fingerprint density at radius 2 is 1.58 bits per heavy atom. The van der Waals surface area contributed by atoms with Crippen molar-refractivity contribution >= 4 is 46.6 Å². The number of hydrogen-bond donors (Lipinski definition) is 2. The van der Waals surface area contributed by atoms with Gasteiger partial charge in [-0.1, -0.05) is 65.7 Å². The maximum Gasteiger partial charge on any atom is 0.255 e. The highest BCUT2D eigenvalue weighted by molar-refractivity contribution is 8.00. The second kappa shape index (κ2) is 11.8. The molecule has 2 N–H and O–H groups in total. The third-order valence-corrected chi connectivity index (χ3v) is 6.93. The quantitative estimate of drug-likeness (QED) is 0.240. The number of ether oxygens (including phenoxy) is 1. The predicted octanol–water partition coefficient (Wildman–Crippen LogP) is 7.38. The van der Waals surface area contributed by atoms with E-state index in [1.807, 2.05) is 79.7 Å². The minimum atomic E-state index is -0.533. The van der Waals surface area contributed by atoms with Gasteiger partial charge in [0.05, 0.1) is 12.1 Å². The van der Waals surface area contributed by atoms with Crippen LogP contribution < -0.4 is 15.4 Å². The average molecular weight is 517 g/mol. The summed E-state index contributed by atoms with van der Waals surface area (Å²) in [6.45, 7) is 1.95. The molecule has 2 amide bonds. The number of halogens is 1. The van der Waals surface area contributed by atoms with E-state index in [0.717, 1.165) is 16.0 Å². The molecule has 0 heterocycles. The lowest BCUT2D eigenvalue weighted by molar-refractivity contribution is -0.115. The second-order valence-electron chi connectivity index (χ2n) is 8.10. The normalized spacial score (nSPS) is 11.4. The third-order valence-electron chi connectivity index (χ3n) is 5.39. The molecular formula is C29H25ClN2O3S. The average Bonchev–Trinajstić information content (AvgIpc) is 2.88. The van der Waals surface area contributed by atoms with Crippen LogP contribution in [-0.2, 0) is 4.79 Å². The first-order valence-corrected chi connectivity index (χ1v) is 12.5. The van der Waals surface area contributed by atoms with E-state index < -0.39 is 5.25 Å². The van der Waals surface area contributed by atoms with Gasteiger partial charge in [0.1, 0.15) is 11.0 Å². The van der Waals surface area contributed by atoms with Crippen LogP contribution in [-0.4, -0.2) is 18.9 Å². The summed E-state index contributed by atoms with van der Waals surface area (Å²) in [6.07, 6.45) is 0. The molecule has 4 rings (SSSR count). The van der Waals surface area contributed by atoms with E-state index in [0.29, 0.717) is 27.7 Å². The minimum absolute atomic E-state index is 0.186. The van der Waals surface area contributed by atoms with E-state index in [1.54, 1.807) is 31.4 Å². The van der Waals surface area contributed by atoms with Crippen molar-refractivity contribution in [3.8, 4) is 5.75 Å². The smallest absolute Gasteiger partial charge is 0.255 e. The van der Waals surface area contributed by atoms with Gasteiger partial charge in [-0.15, -0.1) is 11.8 Å². The van der Waals surface area contributed by atoms with Crippen molar-refractivity contribution in [2.45, 2.75) is 17.1 Å². The molecule has 7 heteroatoms. The molecule has 5 nitrogen and oxygen atoms in total. The number of carbonyl (C=O) groups is 2. The van der Waals surface area contributed by atoms with E-state index >= 15 is 0 Å². The summed E-state index contributed by atoms with van der Waals surface area (Å²) >= 11 is 7.63. The fourth-order valence-electron chi connectivity index (χ4n) is 3.63. The van der Waals surface area contributed by atoms with Crippen LogP contribution >= 0.6 is 23.4 Å². The first kappa shape index (κ1) is 25.4. The predicted molar refractivity (Wildman–Crippen MR) is 147 cm³/mol. The van der Waals surface area contributed by atoms with Gasteiger partial charge in [0.15, 0.2) is 0 Å². The van der Waals surface area contributed by atoms with Crippen LogP contribution in [0.4, 0.5) is 11.4 Å². The Morgan fingerprint density at radius 1 is 0.833 bits per heavy atom. The summed E-state index contributed by atoms with van der Waals surface area (Å²) in [6, 6.07) is 29.6. The summed E-state index contributed by atoms with van der Waals surface area (Å²) in [5, 5.41) is 5.78. The molecule has 0 bridgehead atoms. The Labute approximate surface area is 219 Å². The van der Waals surface area contributed by atoms with Gasteiger partial charge in [0.25, 0.3) is 5.91 Å². The summed E-state index contributed by atoms with van der Waals surface area (Å²) in [5.41, 5.74) is 3.69. The highest BCUT2D eigenvalue weighted by atomic mass is 35.5. The molecule has 4 aromatic carbocycles. The van der Waals surface area contributed by atoms with E-state index in [2.05, 4.69) is 10.6 Å². The number of hydrogen-bond acceptors (Lipinski definition) is 4.